The molecule has 1 fully saturated rings. The molecular formula is C17H14F4N4O3S. The van der Waals surface area contributed by atoms with E-state index in [4.69, 9.17) is 0 Å². The summed E-state index contributed by atoms with van der Waals surface area (Å²) in [7, 11) is -2.51. The highest BCUT2D eigenvalue weighted by molar-refractivity contribution is 7.73. The molecule has 12 heteroatoms. The number of amides is 1. The Morgan fingerprint density at radius 3 is 2.59 bits per heavy atom. The second-order valence-corrected chi connectivity index (χ2v) is 7.16. The standard InChI is InChI=1S/C17H14F4N4O3S/c18-11-2-1-9(12-3-4-14(25-24-12)17(19,20)21)7-10(11)8-23-16(26)15-13(29(27)28)5-6-22-15/h1-4,7,15,22H,5-6,8H2,(H,23,26). The van der Waals surface area contributed by atoms with Crippen molar-refractivity contribution in [1.29, 1.82) is 0 Å². The van der Waals surface area contributed by atoms with Gasteiger partial charge in [0.2, 0.25) is 16.2 Å². The lowest BCUT2D eigenvalue weighted by Gasteiger charge is -2.12. The minimum absolute atomic E-state index is 0.0248. The van der Waals surface area contributed by atoms with Crippen molar-refractivity contribution >= 4 is 21.1 Å². The predicted molar refractivity (Wildman–Crippen MR) is 94.6 cm³/mol. The molecule has 29 heavy (non-hydrogen) atoms. The van der Waals surface area contributed by atoms with Gasteiger partial charge >= 0.3 is 6.18 Å². The maximum Gasteiger partial charge on any atom is 0.435 e. The first kappa shape index (κ1) is 20.9. The van der Waals surface area contributed by atoms with Crippen molar-refractivity contribution in [2.75, 3.05) is 6.54 Å². The number of halogens is 4. The summed E-state index contributed by atoms with van der Waals surface area (Å²) in [5, 5.41) is 11.8. The van der Waals surface area contributed by atoms with Crippen LogP contribution in [0.25, 0.3) is 11.3 Å². The van der Waals surface area contributed by atoms with Gasteiger partial charge in [-0.2, -0.15) is 21.6 Å². The number of carbonyl (C=O) groups excluding carboxylic acids is 1. The number of rotatable bonds is 4. The van der Waals surface area contributed by atoms with Crippen LogP contribution in [-0.2, 0) is 27.8 Å². The molecule has 0 spiro atoms. The first-order valence-electron chi connectivity index (χ1n) is 8.32. The fraction of sp³-hybridized carbons (Fsp3) is 0.294. The molecule has 1 atom stereocenters. The van der Waals surface area contributed by atoms with E-state index in [0.29, 0.717) is 12.1 Å². The van der Waals surface area contributed by atoms with E-state index in [2.05, 4.69) is 20.8 Å². The van der Waals surface area contributed by atoms with Crippen LogP contribution in [0.5, 0.6) is 0 Å². The maximum atomic E-state index is 14.1. The van der Waals surface area contributed by atoms with Crippen LogP contribution in [0, 0.1) is 5.82 Å². The number of hydrogen-bond donors (Lipinski definition) is 2. The first-order valence-corrected chi connectivity index (χ1v) is 9.40. The van der Waals surface area contributed by atoms with Crippen LogP contribution >= 0.6 is 0 Å². The number of nitrogens with one attached hydrogen (secondary N) is 2. The van der Waals surface area contributed by atoms with E-state index >= 15 is 0 Å². The molecule has 1 aromatic carbocycles. The lowest BCUT2D eigenvalue weighted by atomic mass is 10.1. The minimum Gasteiger partial charge on any atom is -0.350 e. The summed E-state index contributed by atoms with van der Waals surface area (Å²) in [5.41, 5.74) is -0.688. The summed E-state index contributed by atoms with van der Waals surface area (Å²) in [6.45, 7) is 0.0847. The van der Waals surface area contributed by atoms with Crippen LogP contribution in [0.4, 0.5) is 17.6 Å². The number of hydrogen-bond acceptors (Lipinski definition) is 6. The number of aromatic nitrogens is 2. The molecule has 2 heterocycles. The van der Waals surface area contributed by atoms with E-state index in [9.17, 15) is 30.8 Å². The molecule has 154 valence electrons. The Labute approximate surface area is 163 Å². The molecule has 1 aliphatic heterocycles. The van der Waals surface area contributed by atoms with Crippen molar-refractivity contribution in [3.05, 3.63) is 47.4 Å². The molecule has 3 rings (SSSR count). The molecule has 0 aliphatic carbocycles. The van der Waals surface area contributed by atoms with Gasteiger partial charge in [-0.25, -0.2) is 4.39 Å². The molecule has 7 nitrogen and oxygen atoms in total. The molecule has 2 N–H and O–H groups in total. The van der Waals surface area contributed by atoms with Gasteiger partial charge in [0.15, 0.2) is 5.69 Å². The number of alkyl halides is 3. The Bertz CT molecular complexity index is 1060. The molecule has 1 unspecified atom stereocenters. The summed E-state index contributed by atoms with van der Waals surface area (Å²) in [6, 6.07) is 4.60. The Hall–Kier alpha value is -2.86. The number of carbonyl (C=O) groups is 1. The molecule has 0 radical (unpaired) electrons. The zero-order chi connectivity index (χ0) is 21.2. The van der Waals surface area contributed by atoms with Crippen molar-refractivity contribution in [2.45, 2.75) is 25.2 Å². The third-order valence-electron chi connectivity index (χ3n) is 4.27. The average Bonchev–Trinajstić information content (AvgIpc) is 3.17. The van der Waals surface area contributed by atoms with Gasteiger partial charge in [-0.1, -0.05) is 0 Å². The maximum absolute atomic E-state index is 14.1. The van der Waals surface area contributed by atoms with Gasteiger partial charge in [0.05, 0.1) is 10.6 Å². The second-order valence-electron chi connectivity index (χ2n) is 6.16. The fourth-order valence-electron chi connectivity index (χ4n) is 2.81. The summed E-state index contributed by atoms with van der Waals surface area (Å²) >= 11 is 0. The monoisotopic (exact) mass is 430 g/mol. The van der Waals surface area contributed by atoms with E-state index in [0.717, 1.165) is 18.2 Å². The van der Waals surface area contributed by atoms with Gasteiger partial charge in [0.25, 0.3) is 0 Å². The van der Waals surface area contributed by atoms with Crippen LogP contribution in [0.1, 0.15) is 17.7 Å². The first-order chi connectivity index (χ1) is 13.7. The van der Waals surface area contributed by atoms with E-state index in [1.807, 2.05) is 0 Å². The van der Waals surface area contributed by atoms with Crippen LogP contribution in [0.2, 0.25) is 0 Å². The largest absolute Gasteiger partial charge is 0.435 e. The molecule has 1 aliphatic rings. The lowest BCUT2D eigenvalue weighted by Crippen LogP contribution is -2.44. The van der Waals surface area contributed by atoms with Crippen LogP contribution < -0.4 is 10.6 Å². The van der Waals surface area contributed by atoms with E-state index in [-0.39, 0.29) is 29.1 Å². The third-order valence-corrected chi connectivity index (χ3v) is 5.14. The lowest BCUT2D eigenvalue weighted by molar-refractivity contribution is -0.141. The topological polar surface area (TPSA) is 101 Å². The summed E-state index contributed by atoms with van der Waals surface area (Å²) in [5.74, 6) is -1.27. The Kier molecular flexibility index (Phi) is 5.94. The van der Waals surface area contributed by atoms with Gasteiger partial charge in [-0.05, 0) is 36.8 Å². The van der Waals surface area contributed by atoms with Gasteiger partial charge in [0.1, 0.15) is 11.9 Å². The third kappa shape index (κ3) is 4.77. The molecular weight excluding hydrogens is 416 g/mol. The average molecular weight is 430 g/mol. The molecule has 0 bridgehead atoms. The molecule has 1 saturated heterocycles. The Balaban J connectivity index is 1.76. The molecule has 0 saturated carbocycles. The molecule has 2 aromatic rings. The predicted octanol–water partition coefficient (Wildman–Crippen LogP) is 1.33. The van der Waals surface area contributed by atoms with E-state index < -0.39 is 39.9 Å². The van der Waals surface area contributed by atoms with Crippen molar-refractivity contribution in [1.82, 2.24) is 20.8 Å². The van der Waals surface area contributed by atoms with Gasteiger partial charge in [-0.15, -0.1) is 10.2 Å². The van der Waals surface area contributed by atoms with Gasteiger partial charge in [0, 0.05) is 24.2 Å². The Morgan fingerprint density at radius 1 is 1.21 bits per heavy atom. The normalized spacial score (nSPS) is 16.7. The highest BCUT2D eigenvalue weighted by Crippen LogP contribution is 2.28. The van der Waals surface area contributed by atoms with Crippen molar-refractivity contribution < 1.29 is 30.8 Å². The summed E-state index contributed by atoms with van der Waals surface area (Å²) in [6.07, 6.45) is -4.41. The number of benzene rings is 1. The summed E-state index contributed by atoms with van der Waals surface area (Å²) in [4.78, 5) is 12.2. The summed E-state index contributed by atoms with van der Waals surface area (Å²) < 4.78 is 74.1. The zero-order valence-corrected chi connectivity index (χ0v) is 15.4. The SMILES string of the molecule is O=C(NCc1cc(-c2ccc(C(F)(F)F)nn2)ccc1F)C1NCCC1=S(=O)=O. The van der Waals surface area contributed by atoms with Gasteiger partial charge < -0.3 is 10.6 Å². The zero-order valence-electron chi connectivity index (χ0n) is 14.6. The quantitative estimate of drug-likeness (QED) is 0.561. The molecule has 1 amide bonds. The highest BCUT2D eigenvalue weighted by Gasteiger charge is 2.33. The van der Waals surface area contributed by atoms with Crippen LogP contribution in [-0.4, -0.2) is 42.0 Å². The Morgan fingerprint density at radius 2 is 1.97 bits per heavy atom. The fourth-order valence-corrected chi connectivity index (χ4v) is 3.46. The smallest absolute Gasteiger partial charge is 0.350 e. The van der Waals surface area contributed by atoms with Crippen LogP contribution in [0.15, 0.2) is 30.3 Å². The molecule has 1 aromatic heterocycles. The van der Waals surface area contributed by atoms with Crippen molar-refractivity contribution in [3.8, 4) is 11.3 Å². The van der Waals surface area contributed by atoms with Crippen LogP contribution in [0.3, 0.4) is 0 Å². The van der Waals surface area contributed by atoms with E-state index in [1.165, 1.54) is 12.1 Å². The highest BCUT2D eigenvalue weighted by atomic mass is 32.2. The van der Waals surface area contributed by atoms with Crippen molar-refractivity contribution in [3.63, 3.8) is 0 Å². The number of nitrogens with zero attached hydrogens (tertiary/aromatic N) is 2. The second kappa shape index (κ2) is 8.25. The minimum atomic E-state index is -4.62. The van der Waals surface area contributed by atoms with Crippen molar-refractivity contribution in [2.24, 2.45) is 0 Å². The van der Waals surface area contributed by atoms with E-state index in [1.54, 1.807) is 0 Å². The van der Waals surface area contributed by atoms with Gasteiger partial charge in [-0.3, -0.25) is 4.79 Å².